The van der Waals surface area contributed by atoms with Crippen LogP contribution in [0, 0.1) is 6.92 Å². The molecular weight excluding hydrogens is 363 g/mol. The Kier molecular flexibility index (Phi) is 6.47. The topological polar surface area (TPSA) is 30.5 Å². The summed E-state index contributed by atoms with van der Waals surface area (Å²) in [5.74, 6) is -0.184. The van der Waals surface area contributed by atoms with Crippen LogP contribution in [-0.2, 0) is 23.9 Å². The Morgan fingerprint density at radius 1 is 1.15 bits per heavy atom. The Hall–Kier alpha value is -2.28. The summed E-state index contributed by atoms with van der Waals surface area (Å²) in [7, 11) is 1.43. The number of nitrogens with one attached hydrogen (secondary N) is 1. The molecule has 0 saturated carbocycles. The third kappa shape index (κ3) is 4.88. The van der Waals surface area contributed by atoms with Gasteiger partial charge in [0.2, 0.25) is 0 Å². The van der Waals surface area contributed by atoms with E-state index in [-0.39, 0.29) is 17.5 Å². The first-order valence-corrected chi connectivity index (χ1v) is 8.43. The maximum atomic E-state index is 13.4. The third-order valence-electron chi connectivity index (χ3n) is 3.95. The lowest BCUT2D eigenvalue weighted by atomic mass is 10.0. The van der Waals surface area contributed by atoms with E-state index in [1.165, 1.54) is 13.2 Å². The average Bonchev–Trinajstić information content (AvgIpc) is 2.59. The summed E-state index contributed by atoms with van der Waals surface area (Å²) in [4.78, 5) is 0. The van der Waals surface area contributed by atoms with Crippen molar-refractivity contribution >= 4 is 23.1 Å². The number of benzene rings is 2. The largest absolute Gasteiger partial charge is 0.488 e. The summed E-state index contributed by atoms with van der Waals surface area (Å²) < 4.78 is 50.6. The van der Waals surface area contributed by atoms with E-state index in [2.05, 4.69) is 5.32 Å². The highest BCUT2D eigenvalue weighted by Crippen LogP contribution is 2.38. The number of rotatable bonds is 5. The van der Waals surface area contributed by atoms with Crippen molar-refractivity contribution < 1.29 is 22.6 Å². The third-order valence-corrected chi connectivity index (χ3v) is 4.22. The van der Waals surface area contributed by atoms with Gasteiger partial charge in [0, 0.05) is 11.3 Å². The lowest BCUT2D eigenvalue weighted by Gasteiger charge is -2.18. The number of alkyl halides is 3. The van der Waals surface area contributed by atoms with Gasteiger partial charge in [0.15, 0.2) is 0 Å². The molecule has 0 aliphatic carbocycles. The molecule has 0 spiro atoms. The Labute approximate surface area is 156 Å². The number of hydrogen-bond acceptors (Lipinski definition) is 3. The Balaban J connectivity index is 2.30. The molecule has 0 aliphatic rings. The summed E-state index contributed by atoms with van der Waals surface area (Å²) in [5, 5.41) is 3.04. The van der Waals surface area contributed by atoms with Gasteiger partial charge in [-0.3, -0.25) is 0 Å². The number of aryl methyl sites for hydroxylation is 2. The quantitative estimate of drug-likeness (QED) is 0.691. The molecule has 0 amide bonds. The molecule has 2 aromatic rings. The minimum Gasteiger partial charge on any atom is -0.488 e. The van der Waals surface area contributed by atoms with Gasteiger partial charge < -0.3 is 14.8 Å². The molecule has 2 aromatic carbocycles. The monoisotopic (exact) mass is 383 g/mol. The van der Waals surface area contributed by atoms with Crippen LogP contribution < -0.4 is 10.1 Å². The number of methoxy groups -OCH3 is 1. The molecule has 0 atom stereocenters. The smallest absolute Gasteiger partial charge is 0.419 e. The fraction of sp³-hybridized carbons (Fsp3) is 0.316. The molecule has 0 radical (unpaired) electrons. The zero-order valence-electron chi connectivity index (χ0n) is 14.7. The van der Waals surface area contributed by atoms with Crippen LogP contribution in [0.2, 0.25) is 0 Å². The molecule has 3 nitrogen and oxygen atoms in total. The Morgan fingerprint density at radius 2 is 1.85 bits per heavy atom. The van der Waals surface area contributed by atoms with Crippen LogP contribution in [0.1, 0.15) is 29.2 Å². The number of thiocarbonyl (C=S) groups is 1. The number of para-hydroxylation sites is 1. The molecule has 1 N–H and O–H groups in total. The van der Waals surface area contributed by atoms with Crippen LogP contribution in [0.4, 0.5) is 18.9 Å². The maximum absolute atomic E-state index is 13.4. The van der Waals surface area contributed by atoms with Crippen LogP contribution >= 0.6 is 12.2 Å². The van der Waals surface area contributed by atoms with Crippen molar-refractivity contribution in [3.63, 3.8) is 0 Å². The fourth-order valence-corrected chi connectivity index (χ4v) is 2.64. The normalized spacial score (nSPS) is 11.2. The second-order valence-corrected chi connectivity index (χ2v) is 6.06. The van der Waals surface area contributed by atoms with Gasteiger partial charge in [-0.15, -0.1) is 0 Å². The zero-order chi connectivity index (χ0) is 19.3. The second-order valence-electron chi connectivity index (χ2n) is 5.69. The molecule has 7 heteroatoms. The van der Waals surface area contributed by atoms with E-state index in [1.54, 1.807) is 31.2 Å². The lowest BCUT2D eigenvalue weighted by molar-refractivity contribution is -0.139. The highest BCUT2D eigenvalue weighted by molar-refractivity contribution is 7.80. The van der Waals surface area contributed by atoms with E-state index < -0.39 is 11.7 Å². The predicted octanol–water partition coefficient (Wildman–Crippen LogP) is 5.50. The van der Waals surface area contributed by atoms with Crippen molar-refractivity contribution in [1.82, 2.24) is 0 Å². The van der Waals surface area contributed by atoms with E-state index in [4.69, 9.17) is 21.7 Å². The summed E-state index contributed by atoms with van der Waals surface area (Å²) >= 11 is 4.97. The SMILES string of the molecule is CCc1cc(C(F)(F)F)c(OCc2ccccc2NC(=S)OC)cc1C. The van der Waals surface area contributed by atoms with Gasteiger partial charge in [-0.05, 0) is 54.9 Å². The first kappa shape index (κ1) is 20.0. The summed E-state index contributed by atoms with van der Waals surface area (Å²) in [6.45, 7) is 3.56. The average molecular weight is 383 g/mol. The molecule has 0 aliphatic heterocycles. The molecule has 0 aromatic heterocycles. The number of hydrogen-bond donors (Lipinski definition) is 1. The van der Waals surface area contributed by atoms with E-state index >= 15 is 0 Å². The predicted molar refractivity (Wildman–Crippen MR) is 99.6 cm³/mol. The standard InChI is InChI=1S/C19H20F3NO2S/c1-4-13-10-15(19(20,21)22)17(9-12(13)2)25-11-14-7-5-6-8-16(14)23-18(26)24-3/h5-10H,4,11H2,1-3H3,(H,23,26). The molecule has 0 fully saturated rings. The number of ether oxygens (including phenoxy) is 2. The maximum Gasteiger partial charge on any atom is 0.419 e. The van der Waals surface area contributed by atoms with E-state index in [9.17, 15) is 13.2 Å². The highest BCUT2D eigenvalue weighted by atomic mass is 32.1. The van der Waals surface area contributed by atoms with E-state index in [0.29, 0.717) is 23.2 Å². The van der Waals surface area contributed by atoms with Gasteiger partial charge in [-0.25, -0.2) is 0 Å². The van der Waals surface area contributed by atoms with Crippen molar-refractivity contribution in [2.45, 2.75) is 33.1 Å². The zero-order valence-corrected chi connectivity index (χ0v) is 15.6. The van der Waals surface area contributed by atoms with Crippen molar-refractivity contribution in [2.24, 2.45) is 0 Å². The van der Waals surface area contributed by atoms with Crippen molar-refractivity contribution in [2.75, 3.05) is 12.4 Å². The van der Waals surface area contributed by atoms with E-state index in [0.717, 1.165) is 11.6 Å². The van der Waals surface area contributed by atoms with Crippen LogP contribution in [-0.4, -0.2) is 12.3 Å². The molecule has 140 valence electrons. The van der Waals surface area contributed by atoms with Crippen LogP contribution in [0.15, 0.2) is 36.4 Å². The molecule has 2 rings (SSSR count). The molecule has 0 unspecified atom stereocenters. The minimum absolute atomic E-state index is 0.0382. The number of halogens is 3. The van der Waals surface area contributed by atoms with Gasteiger partial charge in [0.1, 0.15) is 12.4 Å². The van der Waals surface area contributed by atoms with Gasteiger partial charge in [-0.2, -0.15) is 13.2 Å². The fourth-order valence-electron chi connectivity index (χ4n) is 2.53. The van der Waals surface area contributed by atoms with Crippen molar-refractivity contribution in [3.05, 3.63) is 58.7 Å². The summed E-state index contributed by atoms with van der Waals surface area (Å²) in [5.41, 5.74) is 1.93. The molecular formula is C19H20F3NO2S. The van der Waals surface area contributed by atoms with Crippen molar-refractivity contribution in [1.29, 1.82) is 0 Å². The molecule has 26 heavy (non-hydrogen) atoms. The first-order valence-electron chi connectivity index (χ1n) is 8.02. The van der Waals surface area contributed by atoms with Crippen LogP contribution in [0.25, 0.3) is 0 Å². The minimum atomic E-state index is -4.48. The van der Waals surface area contributed by atoms with Gasteiger partial charge in [0.25, 0.3) is 5.17 Å². The molecule has 0 saturated heterocycles. The van der Waals surface area contributed by atoms with E-state index in [1.807, 2.05) is 6.92 Å². The number of anilines is 1. The first-order chi connectivity index (χ1) is 12.3. The Morgan fingerprint density at radius 3 is 2.46 bits per heavy atom. The van der Waals surface area contributed by atoms with Crippen LogP contribution in [0.3, 0.4) is 0 Å². The lowest BCUT2D eigenvalue weighted by Crippen LogP contribution is -2.14. The van der Waals surface area contributed by atoms with Gasteiger partial charge in [0.05, 0.1) is 12.7 Å². The summed E-state index contributed by atoms with van der Waals surface area (Å²) in [6, 6.07) is 9.66. The molecule has 0 heterocycles. The highest BCUT2D eigenvalue weighted by Gasteiger charge is 2.35. The van der Waals surface area contributed by atoms with Crippen LogP contribution in [0.5, 0.6) is 5.75 Å². The van der Waals surface area contributed by atoms with Gasteiger partial charge >= 0.3 is 6.18 Å². The Bertz CT molecular complexity index is 791. The second kappa shape index (κ2) is 8.40. The summed E-state index contributed by atoms with van der Waals surface area (Å²) in [6.07, 6.45) is -3.96. The molecule has 0 bridgehead atoms. The van der Waals surface area contributed by atoms with Crippen molar-refractivity contribution in [3.8, 4) is 5.75 Å². The van der Waals surface area contributed by atoms with Gasteiger partial charge in [-0.1, -0.05) is 25.1 Å².